The Morgan fingerprint density at radius 1 is 1.29 bits per heavy atom. The quantitative estimate of drug-likeness (QED) is 0.354. The van der Waals surface area contributed by atoms with Crippen molar-refractivity contribution < 1.29 is 12.6 Å². The Kier molecular flexibility index (Phi) is 7.17. The lowest BCUT2D eigenvalue weighted by molar-refractivity contribution is 0.312. The van der Waals surface area contributed by atoms with Crippen LogP contribution in [-0.4, -0.2) is 15.0 Å². The van der Waals surface area contributed by atoms with E-state index < -0.39 is 10.1 Å². The third kappa shape index (κ3) is 7.84. The fourth-order valence-corrected chi connectivity index (χ4v) is 1.35. The van der Waals surface area contributed by atoms with Crippen molar-refractivity contribution in [2.24, 2.45) is 0 Å². The van der Waals surface area contributed by atoms with Gasteiger partial charge in [0.05, 0.1) is 12.0 Å². The second kappa shape index (κ2) is 7.60. The zero-order chi connectivity index (χ0) is 10.9. The van der Waals surface area contributed by atoms with Gasteiger partial charge in [0.15, 0.2) is 0 Å². The molecule has 0 atom stereocenters. The minimum atomic E-state index is -3.49. The first kappa shape index (κ1) is 13.2. The highest BCUT2D eigenvalue weighted by molar-refractivity contribution is 7.89. The van der Waals surface area contributed by atoms with Crippen LogP contribution in [0.5, 0.6) is 0 Å². The Morgan fingerprint density at radius 3 is 2.50 bits per heavy atom. The number of hydrogen-bond donors (Lipinski definition) is 0. The van der Waals surface area contributed by atoms with E-state index in [2.05, 4.69) is 16.7 Å². The first-order valence-corrected chi connectivity index (χ1v) is 6.05. The maximum absolute atomic E-state index is 10.8. The lowest BCUT2D eigenvalue weighted by Gasteiger charge is -2.00. The molecule has 0 fully saturated rings. The lowest BCUT2D eigenvalue weighted by Crippen LogP contribution is -2.02. The predicted molar refractivity (Wildman–Crippen MR) is 57.0 cm³/mol. The van der Waals surface area contributed by atoms with E-state index in [1.54, 1.807) is 0 Å². The third-order valence-electron chi connectivity index (χ3n) is 1.67. The summed E-state index contributed by atoms with van der Waals surface area (Å²) in [5.74, 6) is 2.55. The summed E-state index contributed by atoms with van der Waals surface area (Å²) < 4.78 is 26.1. The topological polar surface area (TPSA) is 43.4 Å². The van der Waals surface area contributed by atoms with Crippen LogP contribution >= 0.6 is 0 Å². The van der Waals surface area contributed by atoms with Gasteiger partial charge in [-0.15, -0.1) is 12.3 Å². The van der Waals surface area contributed by atoms with Crippen LogP contribution in [0.25, 0.3) is 0 Å². The molecule has 0 aromatic heterocycles. The van der Waals surface area contributed by atoms with Crippen molar-refractivity contribution in [3.8, 4) is 12.3 Å². The second-order valence-electron chi connectivity index (χ2n) is 2.85. The van der Waals surface area contributed by atoms with E-state index in [0.29, 0.717) is 0 Å². The molecule has 0 unspecified atom stereocenters. The summed E-state index contributed by atoms with van der Waals surface area (Å²) in [5, 5.41) is 0.811. The van der Waals surface area contributed by atoms with Gasteiger partial charge >= 0.3 is 0 Å². The zero-order valence-electron chi connectivity index (χ0n) is 8.24. The standard InChI is InChI=1S/C10H16O3S/c1-3-5-6-7-8-9-10-13-14(11,12)4-2/h1,4H,2,5-10H2. The molecule has 4 heteroatoms. The van der Waals surface area contributed by atoms with Crippen LogP contribution < -0.4 is 0 Å². The minimum Gasteiger partial charge on any atom is -0.267 e. The fraction of sp³-hybridized carbons (Fsp3) is 0.600. The van der Waals surface area contributed by atoms with Crippen LogP contribution in [0.4, 0.5) is 0 Å². The minimum absolute atomic E-state index is 0.227. The Morgan fingerprint density at radius 2 is 1.93 bits per heavy atom. The van der Waals surface area contributed by atoms with E-state index in [0.717, 1.165) is 37.5 Å². The number of rotatable bonds is 8. The van der Waals surface area contributed by atoms with Gasteiger partial charge in [-0.05, 0) is 12.8 Å². The van der Waals surface area contributed by atoms with Crippen LogP contribution in [0.15, 0.2) is 12.0 Å². The Labute approximate surface area is 86.3 Å². The molecule has 14 heavy (non-hydrogen) atoms. The Balaban J connectivity index is 3.31. The molecule has 0 saturated heterocycles. The largest absolute Gasteiger partial charge is 0.289 e. The molecular weight excluding hydrogens is 200 g/mol. The average Bonchev–Trinajstić information content (AvgIpc) is 2.16. The lowest BCUT2D eigenvalue weighted by atomic mass is 10.1. The molecule has 0 aromatic carbocycles. The highest BCUT2D eigenvalue weighted by Crippen LogP contribution is 2.04. The molecule has 0 aliphatic rings. The maximum atomic E-state index is 10.8. The van der Waals surface area contributed by atoms with Gasteiger partial charge in [0.1, 0.15) is 0 Å². The van der Waals surface area contributed by atoms with Gasteiger partial charge in [0.25, 0.3) is 10.1 Å². The van der Waals surface area contributed by atoms with Crippen molar-refractivity contribution in [2.75, 3.05) is 6.61 Å². The van der Waals surface area contributed by atoms with Gasteiger partial charge in [-0.25, -0.2) is 0 Å². The highest BCUT2D eigenvalue weighted by Gasteiger charge is 2.02. The molecule has 0 amide bonds. The summed E-state index contributed by atoms with van der Waals surface area (Å²) in [6.45, 7) is 3.36. The van der Waals surface area contributed by atoms with Crippen molar-refractivity contribution in [3.05, 3.63) is 12.0 Å². The molecule has 0 spiro atoms. The molecule has 0 aliphatic carbocycles. The first-order chi connectivity index (χ1) is 6.62. The molecular formula is C10H16O3S. The van der Waals surface area contributed by atoms with E-state index >= 15 is 0 Å². The molecule has 0 saturated carbocycles. The first-order valence-electron chi connectivity index (χ1n) is 4.57. The molecule has 0 radical (unpaired) electrons. The van der Waals surface area contributed by atoms with E-state index in [9.17, 15) is 8.42 Å². The summed E-state index contributed by atoms with van der Waals surface area (Å²) in [4.78, 5) is 0. The molecule has 0 rings (SSSR count). The van der Waals surface area contributed by atoms with E-state index in [1.807, 2.05) is 0 Å². The molecule has 0 aromatic rings. The molecule has 0 bridgehead atoms. The van der Waals surface area contributed by atoms with E-state index in [4.69, 9.17) is 6.42 Å². The number of terminal acetylenes is 1. The summed E-state index contributed by atoms with van der Waals surface area (Å²) in [6.07, 6.45) is 9.54. The summed E-state index contributed by atoms with van der Waals surface area (Å²) >= 11 is 0. The van der Waals surface area contributed by atoms with Crippen LogP contribution in [0, 0.1) is 12.3 Å². The molecule has 3 nitrogen and oxygen atoms in total. The van der Waals surface area contributed by atoms with Gasteiger partial charge in [0, 0.05) is 6.42 Å². The highest BCUT2D eigenvalue weighted by atomic mass is 32.2. The third-order valence-corrected chi connectivity index (χ3v) is 2.57. The number of hydrogen-bond acceptors (Lipinski definition) is 3. The maximum Gasteiger partial charge on any atom is 0.289 e. The van der Waals surface area contributed by atoms with Gasteiger partial charge in [-0.1, -0.05) is 19.4 Å². The van der Waals surface area contributed by atoms with Crippen molar-refractivity contribution in [1.29, 1.82) is 0 Å². The van der Waals surface area contributed by atoms with E-state index in [1.165, 1.54) is 0 Å². The van der Waals surface area contributed by atoms with Crippen molar-refractivity contribution >= 4 is 10.1 Å². The van der Waals surface area contributed by atoms with Crippen molar-refractivity contribution in [1.82, 2.24) is 0 Å². The van der Waals surface area contributed by atoms with Gasteiger partial charge in [0.2, 0.25) is 0 Å². The zero-order valence-corrected chi connectivity index (χ0v) is 9.05. The summed E-state index contributed by atoms with van der Waals surface area (Å²) in [5.41, 5.74) is 0. The monoisotopic (exact) mass is 216 g/mol. The Bertz CT molecular complexity index is 285. The summed E-state index contributed by atoms with van der Waals surface area (Å²) in [6, 6.07) is 0. The van der Waals surface area contributed by atoms with Crippen LogP contribution in [0.1, 0.15) is 32.1 Å². The van der Waals surface area contributed by atoms with Crippen LogP contribution in [0.2, 0.25) is 0 Å². The van der Waals surface area contributed by atoms with Crippen LogP contribution in [0.3, 0.4) is 0 Å². The van der Waals surface area contributed by atoms with Crippen molar-refractivity contribution in [2.45, 2.75) is 32.1 Å². The van der Waals surface area contributed by atoms with Gasteiger partial charge < -0.3 is 0 Å². The fourth-order valence-electron chi connectivity index (χ4n) is 0.906. The van der Waals surface area contributed by atoms with Gasteiger partial charge in [-0.2, -0.15) is 8.42 Å². The molecule has 0 aliphatic heterocycles. The SMILES string of the molecule is C#CCCCCCCOS(=O)(=O)C=C. The van der Waals surface area contributed by atoms with Crippen LogP contribution in [-0.2, 0) is 14.3 Å². The van der Waals surface area contributed by atoms with E-state index in [-0.39, 0.29) is 6.61 Å². The van der Waals surface area contributed by atoms with Gasteiger partial charge in [-0.3, -0.25) is 4.18 Å². The summed E-state index contributed by atoms with van der Waals surface area (Å²) in [7, 11) is -3.49. The average molecular weight is 216 g/mol. The second-order valence-corrected chi connectivity index (χ2v) is 4.40. The molecule has 0 heterocycles. The smallest absolute Gasteiger partial charge is 0.267 e. The van der Waals surface area contributed by atoms with Crippen molar-refractivity contribution in [3.63, 3.8) is 0 Å². The molecule has 0 N–H and O–H groups in total. The Hall–Kier alpha value is -0.790. The predicted octanol–water partition coefficient (Wildman–Crippen LogP) is 2.06. The molecule has 80 valence electrons. The number of unbranched alkanes of at least 4 members (excludes halogenated alkanes) is 4. The normalized spacial score (nSPS) is 10.8.